The van der Waals surface area contributed by atoms with E-state index in [0.29, 0.717) is 18.9 Å². The van der Waals surface area contributed by atoms with Crippen molar-refractivity contribution in [2.45, 2.75) is 25.2 Å². The lowest BCUT2D eigenvalue weighted by molar-refractivity contribution is -0.384. The highest BCUT2D eigenvalue weighted by atomic mass is 19.1. The SMILES string of the molecule is O=C(NCCc1ccc([N+](=O)[O-])cc1)C(c1ccc(F)cc1)C1CC1. The number of halogens is 1. The van der Waals surface area contributed by atoms with Gasteiger partial charge in [0.15, 0.2) is 0 Å². The first kappa shape index (κ1) is 17.1. The van der Waals surface area contributed by atoms with Gasteiger partial charge >= 0.3 is 0 Å². The predicted molar refractivity (Wildman–Crippen MR) is 91.7 cm³/mol. The lowest BCUT2D eigenvalue weighted by Gasteiger charge is -2.16. The Balaban J connectivity index is 1.57. The van der Waals surface area contributed by atoms with Crippen molar-refractivity contribution < 1.29 is 14.1 Å². The summed E-state index contributed by atoms with van der Waals surface area (Å²) in [4.78, 5) is 22.8. The number of nitrogens with zero attached hydrogens (tertiary/aromatic N) is 1. The lowest BCUT2D eigenvalue weighted by Crippen LogP contribution is -2.32. The molecule has 5 nitrogen and oxygen atoms in total. The number of benzene rings is 2. The van der Waals surface area contributed by atoms with E-state index >= 15 is 0 Å². The molecule has 0 radical (unpaired) electrons. The van der Waals surface area contributed by atoms with E-state index in [0.717, 1.165) is 24.0 Å². The van der Waals surface area contributed by atoms with Crippen LogP contribution >= 0.6 is 0 Å². The molecule has 2 aromatic carbocycles. The molecule has 0 aromatic heterocycles. The Labute approximate surface area is 145 Å². The fourth-order valence-electron chi connectivity index (χ4n) is 2.96. The summed E-state index contributed by atoms with van der Waals surface area (Å²) in [6.07, 6.45) is 2.63. The van der Waals surface area contributed by atoms with Crippen molar-refractivity contribution in [1.82, 2.24) is 5.32 Å². The van der Waals surface area contributed by atoms with Gasteiger partial charge in [0.25, 0.3) is 5.69 Å². The van der Waals surface area contributed by atoms with Gasteiger partial charge in [0.2, 0.25) is 5.91 Å². The second kappa shape index (κ2) is 7.42. The van der Waals surface area contributed by atoms with E-state index in [1.165, 1.54) is 24.3 Å². The Bertz CT molecular complexity index is 755. The maximum atomic E-state index is 13.1. The van der Waals surface area contributed by atoms with E-state index in [4.69, 9.17) is 0 Å². The van der Waals surface area contributed by atoms with Crippen LogP contribution in [-0.2, 0) is 11.2 Å². The van der Waals surface area contributed by atoms with Crippen LogP contribution in [0.4, 0.5) is 10.1 Å². The minimum absolute atomic E-state index is 0.0454. The molecule has 0 heterocycles. The third-order valence-corrected chi connectivity index (χ3v) is 4.47. The quantitative estimate of drug-likeness (QED) is 0.617. The molecule has 0 bridgehead atoms. The highest BCUT2D eigenvalue weighted by Gasteiger charge is 2.37. The number of amides is 1. The first-order chi connectivity index (χ1) is 12.0. The van der Waals surface area contributed by atoms with E-state index in [9.17, 15) is 19.3 Å². The van der Waals surface area contributed by atoms with Gasteiger partial charge in [-0.1, -0.05) is 24.3 Å². The molecule has 0 spiro atoms. The van der Waals surface area contributed by atoms with E-state index in [2.05, 4.69) is 5.32 Å². The van der Waals surface area contributed by atoms with Gasteiger partial charge in [0.1, 0.15) is 5.82 Å². The van der Waals surface area contributed by atoms with Crippen LogP contribution in [0.15, 0.2) is 48.5 Å². The van der Waals surface area contributed by atoms with Crippen molar-refractivity contribution in [3.05, 3.63) is 75.6 Å². The molecule has 1 fully saturated rings. The van der Waals surface area contributed by atoms with Crippen molar-refractivity contribution in [3.63, 3.8) is 0 Å². The summed E-state index contributed by atoms with van der Waals surface area (Å²) in [6.45, 7) is 0.459. The number of carbonyl (C=O) groups excluding carboxylic acids is 1. The minimum Gasteiger partial charge on any atom is -0.355 e. The Hall–Kier alpha value is -2.76. The van der Waals surface area contributed by atoms with Gasteiger partial charge in [0, 0.05) is 18.7 Å². The van der Waals surface area contributed by atoms with Crippen LogP contribution in [0.5, 0.6) is 0 Å². The van der Waals surface area contributed by atoms with Gasteiger partial charge < -0.3 is 5.32 Å². The standard InChI is InChI=1S/C19H19FN2O3/c20-16-7-5-15(6-8-16)18(14-3-4-14)19(23)21-12-11-13-1-9-17(10-2-13)22(24)25/h1-2,5-10,14,18H,3-4,11-12H2,(H,21,23). The zero-order valence-corrected chi connectivity index (χ0v) is 13.7. The van der Waals surface area contributed by atoms with Crippen LogP contribution in [0.1, 0.15) is 29.9 Å². The van der Waals surface area contributed by atoms with Gasteiger partial charge in [-0.25, -0.2) is 4.39 Å². The number of nitrogens with one attached hydrogen (secondary N) is 1. The fraction of sp³-hybridized carbons (Fsp3) is 0.316. The van der Waals surface area contributed by atoms with Crippen LogP contribution in [0.25, 0.3) is 0 Å². The second-order valence-corrected chi connectivity index (χ2v) is 6.33. The summed E-state index contributed by atoms with van der Waals surface area (Å²) in [5, 5.41) is 13.6. The largest absolute Gasteiger partial charge is 0.355 e. The molecule has 1 aliphatic carbocycles. The topological polar surface area (TPSA) is 72.2 Å². The Morgan fingerprint density at radius 3 is 2.36 bits per heavy atom. The predicted octanol–water partition coefficient (Wildman–Crippen LogP) is 3.59. The normalized spacial score (nSPS) is 14.8. The minimum atomic E-state index is -0.436. The third kappa shape index (κ3) is 4.41. The van der Waals surface area contributed by atoms with Crippen molar-refractivity contribution in [3.8, 4) is 0 Å². The van der Waals surface area contributed by atoms with Crippen molar-refractivity contribution in [1.29, 1.82) is 0 Å². The van der Waals surface area contributed by atoms with Crippen molar-refractivity contribution in [2.75, 3.05) is 6.54 Å². The molecule has 1 amide bonds. The number of carbonyl (C=O) groups is 1. The molecule has 2 aromatic rings. The number of nitro benzene ring substituents is 1. The van der Waals surface area contributed by atoms with Crippen LogP contribution in [0.2, 0.25) is 0 Å². The zero-order valence-electron chi connectivity index (χ0n) is 13.7. The summed E-state index contributed by atoms with van der Waals surface area (Å²) in [6, 6.07) is 12.4. The second-order valence-electron chi connectivity index (χ2n) is 6.33. The van der Waals surface area contributed by atoms with Gasteiger partial charge in [-0.2, -0.15) is 0 Å². The molecule has 1 N–H and O–H groups in total. The molecule has 130 valence electrons. The first-order valence-corrected chi connectivity index (χ1v) is 8.31. The highest BCUT2D eigenvalue weighted by Crippen LogP contribution is 2.42. The van der Waals surface area contributed by atoms with Crippen molar-refractivity contribution >= 4 is 11.6 Å². The van der Waals surface area contributed by atoms with Crippen LogP contribution < -0.4 is 5.32 Å². The zero-order chi connectivity index (χ0) is 17.8. The van der Waals surface area contributed by atoms with E-state index in [-0.39, 0.29) is 23.3 Å². The molecule has 0 aliphatic heterocycles. The molecule has 25 heavy (non-hydrogen) atoms. The summed E-state index contributed by atoms with van der Waals surface area (Å²) in [5.41, 5.74) is 1.82. The molecular weight excluding hydrogens is 323 g/mol. The molecule has 1 atom stereocenters. The first-order valence-electron chi connectivity index (χ1n) is 8.31. The Morgan fingerprint density at radius 1 is 1.16 bits per heavy atom. The average molecular weight is 342 g/mol. The van der Waals surface area contributed by atoms with Crippen molar-refractivity contribution in [2.24, 2.45) is 5.92 Å². The van der Waals surface area contributed by atoms with E-state index < -0.39 is 4.92 Å². The molecule has 1 saturated carbocycles. The number of hydrogen-bond acceptors (Lipinski definition) is 3. The molecular formula is C19H19FN2O3. The number of rotatable bonds is 7. The van der Waals surface area contributed by atoms with Gasteiger partial charge in [0.05, 0.1) is 10.8 Å². The summed E-state index contributed by atoms with van der Waals surface area (Å²) in [5.74, 6) is -0.268. The van der Waals surface area contributed by atoms with Crippen LogP contribution in [0, 0.1) is 21.8 Å². The third-order valence-electron chi connectivity index (χ3n) is 4.47. The molecule has 0 saturated heterocycles. The smallest absolute Gasteiger partial charge is 0.269 e. The Morgan fingerprint density at radius 2 is 1.80 bits per heavy atom. The lowest BCUT2D eigenvalue weighted by atomic mass is 9.93. The van der Waals surface area contributed by atoms with E-state index in [1.807, 2.05) is 0 Å². The molecule has 3 rings (SSSR count). The monoisotopic (exact) mass is 342 g/mol. The maximum absolute atomic E-state index is 13.1. The number of nitro groups is 1. The number of non-ortho nitro benzene ring substituents is 1. The highest BCUT2D eigenvalue weighted by molar-refractivity contribution is 5.84. The van der Waals surface area contributed by atoms with E-state index in [1.54, 1.807) is 24.3 Å². The summed E-state index contributed by atoms with van der Waals surface area (Å²) < 4.78 is 13.1. The molecule has 1 aliphatic rings. The summed E-state index contributed by atoms with van der Waals surface area (Å²) >= 11 is 0. The van der Waals surface area contributed by atoms with Gasteiger partial charge in [-0.3, -0.25) is 14.9 Å². The molecule has 6 heteroatoms. The fourth-order valence-corrected chi connectivity index (χ4v) is 2.96. The maximum Gasteiger partial charge on any atom is 0.269 e. The summed E-state index contributed by atoms with van der Waals surface area (Å²) in [7, 11) is 0. The Kier molecular flexibility index (Phi) is 5.07. The van der Waals surface area contributed by atoms with Crippen LogP contribution in [0.3, 0.4) is 0 Å². The van der Waals surface area contributed by atoms with Gasteiger partial charge in [-0.05, 0) is 48.4 Å². The van der Waals surface area contributed by atoms with Gasteiger partial charge in [-0.15, -0.1) is 0 Å². The van der Waals surface area contributed by atoms with Crippen LogP contribution in [-0.4, -0.2) is 17.4 Å². The average Bonchev–Trinajstić information content (AvgIpc) is 3.42. The molecule has 1 unspecified atom stereocenters. The number of hydrogen-bond donors (Lipinski definition) is 1.